The smallest absolute Gasteiger partial charge is 0.126 e. The molecule has 0 aromatic heterocycles. The molecule has 1 fully saturated rings. The van der Waals surface area contributed by atoms with Gasteiger partial charge in [-0.3, -0.25) is 4.90 Å². The van der Waals surface area contributed by atoms with Crippen LogP contribution in [0.3, 0.4) is 0 Å². The molecular formula is C19H21F2NO. The molecule has 1 saturated heterocycles. The van der Waals surface area contributed by atoms with Crippen molar-refractivity contribution in [3.8, 4) is 5.75 Å². The van der Waals surface area contributed by atoms with E-state index in [9.17, 15) is 8.78 Å². The minimum atomic E-state index is -0.279. The maximum absolute atomic E-state index is 13.3. The molecule has 0 amide bonds. The van der Waals surface area contributed by atoms with Gasteiger partial charge in [-0.1, -0.05) is 18.2 Å². The average Bonchev–Trinajstić information content (AvgIpc) is 2.56. The molecule has 2 aromatic carbocycles. The predicted molar refractivity (Wildman–Crippen MR) is 86.7 cm³/mol. The van der Waals surface area contributed by atoms with Gasteiger partial charge in [0.1, 0.15) is 24.0 Å². The molecule has 122 valence electrons. The lowest BCUT2D eigenvalue weighted by Gasteiger charge is -2.32. The van der Waals surface area contributed by atoms with Crippen LogP contribution in [0.25, 0.3) is 0 Å². The first-order valence-electron chi connectivity index (χ1n) is 8.07. The highest BCUT2D eigenvalue weighted by Gasteiger charge is 2.20. The van der Waals surface area contributed by atoms with E-state index in [1.54, 1.807) is 24.3 Å². The van der Waals surface area contributed by atoms with E-state index in [0.717, 1.165) is 38.0 Å². The summed E-state index contributed by atoms with van der Waals surface area (Å²) >= 11 is 0. The van der Waals surface area contributed by atoms with Gasteiger partial charge < -0.3 is 4.74 Å². The van der Waals surface area contributed by atoms with E-state index >= 15 is 0 Å². The molecule has 0 radical (unpaired) electrons. The van der Waals surface area contributed by atoms with Gasteiger partial charge in [-0.2, -0.15) is 0 Å². The van der Waals surface area contributed by atoms with Crippen LogP contribution in [-0.4, -0.2) is 31.1 Å². The maximum atomic E-state index is 13.3. The quantitative estimate of drug-likeness (QED) is 0.818. The van der Waals surface area contributed by atoms with Gasteiger partial charge >= 0.3 is 0 Å². The molecule has 23 heavy (non-hydrogen) atoms. The molecule has 3 rings (SSSR count). The lowest BCUT2D eigenvalue weighted by atomic mass is 9.89. The average molecular weight is 317 g/mol. The summed E-state index contributed by atoms with van der Waals surface area (Å²) in [7, 11) is 0. The van der Waals surface area contributed by atoms with Crippen LogP contribution in [0.5, 0.6) is 5.75 Å². The van der Waals surface area contributed by atoms with Crippen LogP contribution in [0.4, 0.5) is 8.78 Å². The van der Waals surface area contributed by atoms with E-state index in [0.29, 0.717) is 18.3 Å². The molecule has 0 atom stereocenters. The fourth-order valence-corrected chi connectivity index (χ4v) is 3.10. The standard InChI is InChI=1S/C19H21F2NO/c20-17-4-1-3-16(13-17)15-7-9-22(10-8-15)11-12-23-19-6-2-5-18(21)14-19/h1-6,13-15H,7-12H2. The van der Waals surface area contributed by atoms with Crippen molar-refractivity contribution in [1.29, 1.82) is 0 Å². The second-order valence-corrected chi connectivity index (χ2v) is 5.98. The number of halogens is 2. The molecule has 1 heterocycles. The van der Waals surface area contributed by atoms with Gasteiger partial charge in [0.25, 0.3) is 0 Å². The Balaban J connectivity index is 1.42. The Morgan fingerprint density at radius 3 is 2.35 bits per heavy atom. The summed E-state index contributed by atoms with van der Waals surface area (Å²) in [5.74, 6) is 0.567. The highest BCUT2D eigenvalue weighted by molar-refractivity contribution is 5.22. The summed E-state index contributed by atoms with van der Waals surface area (Å²) in [5.41, 5.74) is 1.10. The first-order valence-corrected chi connectivity index (χ1v) is 8.07. The Morgan fingerprint density at radius 2 is 1.65 bits per heavy atom. The van der Waals surface area contributed by atoms with Crippen LogP contribution in [-0.2, 0) is 0 Å². The van der Waals surface area contributed by atoms with Gasteiger partial charge in [0.2, 0.25) is 0 Å². The normalized spacial score (nSPS) is 16.4. The molecule has 1 aliphatic rings. The molecule has 0 N–H and O–H groups in total. The van der Waals surface area contributed by atoms with E-state index in [-0.39, 0.29) is 11.6 Å². The SMILES string of the molecule is Fc1cccc(OCCN2CCC(c3cccc(F)c3)CC2)c1. The second kappa shape index (κ2) is 7.55. The van der Waals surface area contributed by atoms with Crippen molar-refractivity contribution in [2.75, 3.05) is 26.2 Å². The second-order valence-electron chi connectivity index (χ2n) is 5.98. The third kappa shape index (κ3) is 4.52. The van der Waals surface area contributed by atoms with Crippen molar-refractivity contribution in [2.24, 2.45) is 0 Å². The fourth-order valence-electron chi connectivity index (χ4n) is 3.10. The topological polar surface area (TPSA) is 12.5 Å². The van der Waals surface area contributed by atoms with Crippen molar-refractivity contribution in [3.63, 3.8) is 0 Å². The Labute approximate surface area is 135 Å². The zero-order valence-electron chi connectivity index (χ0n) is 13.1. The lowest BCUT2D eigenvalue weighted by molar-refractivity contribution is 0.173. The van der Waals surface area contributed by atoms with Crippen molar-refractivity contribution >= 4 is 0 Å². The summed E-state index contributed by atoms with van der Waals surface area (Å²) in [6.07, 6.45) is 2.06. The number of benzene rings is 2. The number of hydrogen-bond acceptors (Lipinski definition) is 2. The van der Waals surface area contributed by atoms with E-state index < -0.39 is 0 Å². The summed E-state index contributed by atoms with van der Waals surface area (Å²) in [6, 6.07) is 13.1. The summed E-state index contributed by atoms with van der Waals surface area (Å²) < 4.78 is 32.0. The van der Waals surface area contributed by atoms with Gasteiger partial charge in [-0.25, -0.2) is 8.78 Å². The number of rotatable bonds is 5. The molecule has 2 aromatic rings. The highest BCUT2D eigenvalue weighted by Crippen LogP contribution is 2.28. The van der Waals surface area contributed by atoms with Gasteiger partial charge in [-0.05, 0) is 61.7 Å². The summed E-state index contributed by atoms with van der Waals surface area (Å²) in [6.45, 7) is 3.34. The number of nitrogens with zero attached hydrogens (tertiary/aromatic N) is 1. The van der Waals surface area contributed by atoms with Gasteiger partial charge in [0, 0.05) is 12.6 Å². The first-order chi connectivity index (χ1) is 11.2. The van der Waals surface area contributed by atoms with Crippen LogP contribution in [0.1, 0.15) is 24.3 Å². The lowest BCUT2D eigenvalue weighted by Crippen LogP contribution is -2.35. The third-order valence-electron chi connectivity index (χ3n) is 4.38. The van der Waals surface area contributed by atoms with E-state index in [1.807, 2.05) is 6.07 Å². The molecule has 0 aliphatic carbocycles. The van der Waals surface area contributed by atoms with Crippen LogP contribution < -0.4 is 4.74 Å². The highest BCUT2D eigenvalue weighted by atomic mass is 19.1. The number of likely N-dealkylation sites (tertiary alicyclic amines) is 1. The Morgan fingerprint density at radius 1 is 0.957 bits per heavy atom. The largest absolute Gasteiger partial charge is 0.492 e. The minimum Gasteiger partial charge on any atom is -0.492 e. The Kier molecular flexibility index (Phi) is 5.23. The zero-order valence-corrected chi connectivity index (χ0v) is 13.1. The molecule has 0 bridgehead atoms. The van der Waals surface area contributed by atoms with Gasteiger partial charge in [-0.15, -0.1) is 0 Å². The predicted octanol–water partition coefficient (Wildman–Crippen LogP) is 4.22. The molecule has 4 heteroatoms. The Hall–Kier alpha value is -1.94. The third-order valence-corrected chi connectivity index (χ3v) is 4.38. The summed E-state index contributed by atoms with van der Waals surface area (Å²) in [4.78, 5) is 2.34. The van der Waals surface area contributed by atoms with Gasteiger partial charge in [0.05, 0.1) is 0 Å². The van der Waals surface area contributed by atoms with Crippen LogP contribution in [0.2, 0.25) is 0 Å². The van der Waals surface area contributed by atoms with Crippen LogP contribution in [0, 0.1) is 11.6 Å². The number of hydrogen-bond donors (Lipinski definition) is 0. The summed E-state index contributed by atoms with van der Waals surface area (Å²) in [5, 5.41) is 0. The molecule has 0 unspecified atom stereocenters. The maximum Gasteiger partial charge on any atom is 0.126 e. The molecule has 2 nitrogen and oxygen atoms in total. The van der Waals surface area contributed by atoms with Crippen molar-refractivity contribution in [3.05, 3.63) is 65.7 Å². The molecule has 1 aliphatic heterocycles. The van der Waals surface area contributed by atoms with Crippen molar-refractivity contribution in [1.82, 2.24) is 4.90 Å². The molecule has 0 saturated carbocycles. The minimum absolute atomic E-state index is 0.159. The Bertz CT molecular complexity index is 636. The molecular weight excluding hydrogens is 296 g/mol. The molecule has 0 spiro atoms. The van der Waals surface area contributed by atoms with Crippen LogP contribution >= 0.6 is 0 Å². The number of piperidine rings is 1. The monoisotopic (exact) mass is 317 g/mol. The van der Waals surface area contributed by atoms with E-state index in [1.165, 1.54) is 18.2 Å². The van der Waals surface area contributed by atoms with Gasteiger partial charge in [0.15, 0.2) is 0 Å². The van der Waals surface area contributed by atoms with E-state index in [4.69, 9.17) is 4.74 Å². The first kappa shape index (κ1) is 15.9. The number of ether oxygens (including phenoxy) is 1. The van der Waals surface area contributed by atoms with Crippen molar-refractivity contribution < 1.29 is 13.5 Å². The fraction of sp³-hybridized carbons (Fsp3) is 0.368. The van der Waals surface area contributed by atoms with Crippen molar-refractivity contribution in [2.45, 2.75) is 18.8 Å². The van der Waals surface area contributed by atoms with E-state index in [2.05, 4.69) is 4.90 Å². The van der Waals surface area contributed by atoms with Crippen LogP contribution in [0.15, 0.2) is 48.5 Å². The zero-order chi connectivity index (χ0) is 16.1.